The first-order valence-electron chi connectivity index (χ1n) is 7.29. The summed E-state index contributed by atoms with van der Waals surface area (Å²) in [6.07, 6.45) is 1.95. The molecule has 0 radical (unpaired) electrons. The van der Waals surface area contributed by atoms with E-state index in [1.807, 2.05) is 20.8 Å². The van der Waals surface area contributed by atoms with Crippen LogP contribution in [0.1, 0.15) is 46.5 Å². The fourth-order valence-corrected chi connectivity index (χ4v) is 3.41. The van der Waals surface area contributed by atoms with Crippen molar-refractivity contribution < 1.29 is 19.3 Å². The van der Waals surface area contributed by atoms with Gasteiger partial charge in [-0.05, 0) is 39.5 Å². The van der Waals surface area contributed by atoms with Gasteiger partial charge in [-0.15, -0.1) is 0 Å². The van der Waals surface area contributed by atoms with E-state index in [4.69, 9.17) is 19.5 Å². The fourth-order valence-electron chi connectivity index (χ4n) is 3.41. The normalized spacial score (nSPS) is 48.4. The lowest BCUT2D eigenvalue weighted by molar-refractivity contribution is -0.366. The van der Waals surface area contributed by atoms with Crippen molar-refractivity contribution in [2.24, 2.45) is 5.92 Å². The van der Waals surface area contributed by atoms with E-state index in [9.17, 15) is 5.11 Å². The van der Waals surface area contributed by atoms with E-state index >= 15 is 0 Å². The zero-order chi connectivity index (χ0) is 15.0. The maximum absolute atomic E-state index is 10.4. The number of nitriles is 1. The van der Waals surface area contributed by atoms with Gasteiger partial charge in [-0.2, -0.15) is 5.26 Å². The molecule has 1 saturated heterocycles. The fraction of sp³-hybridized carbons (Fsp3) is 0.933. The zero-order valence-corrected chi connectivity index (χ0v) is 12.8. The number of hydrogen-bond donors (Lipinski definition) is 1. The Kier molecular flexibility index (Phi) is 4.41. The molecule has 0 amide bonds. The first kappa shape index (κ1) is 15.7. The summed E-state index contributed by atoms with van der Waals surface area (Å²) in [5.41, 5.74) is -0.778. The number of aliphatic hydroxyl groups is 1. The predicted octanol–water partition coefficient (Wildman–Crippen LogP) is 1.99. The summed E-state index contributed by atoms with van der Waals surface area (Å²) in [6.45, 7) is 5.63. The van der Waals surface area contributed by atoms with Crippen molar-refractivity contribution in [3.8, 4) is 6.07 Å². The molecule has 5 heteroatoms. The minimum absolute atomic E-state index is 0.0678. The minimum Gasteiger partial charge on any atom is -0.390 e. The summed E-state index contributed by atoms with van der Waals surface area (Å²) in [6, 6.07) is 2.17. The van der Waals surface area contributed by atoms with Crippen molar-refractivity contribution in [2.75, 3.05) is 7.11 Å². The van der Waals surface area contributed by atoms with Crippen molar-refractivity contribution in [2.45, 2.75) is 76.2 Å². The molecule has 1 N–H and O–H groups in total. The molecule has 1 aliphatic carbocycles. The maximum atomic E-state index is 10.4. The third-order valence-corrected chi connectivity index (χ3v) is 4.69. The van der Waals surface area contributed by atoms with Gasteiger partial charge < -0.3 is 19.3 Å². The summed E-state index contributed by atoms with van der Waals surface area (Å²) < 4.78 is 17.7. The van der Waals surface area contributed by atoms with Crippen LogP contribution >= 0.6 is 0 Å². The molecule has 5 nitrogen and oxygen atoms in total. The highest BCUT2D eigenvalue weighted by molar-refractivity contribution is 4.99. The van der Waals surface area contributed by atoms with E-state index in [1.54, 1.807) is 7.11 Å². The van der Waals surface area contributed by atoms with Crippen molar-refractivity contribution in [1.29, 1.82) is 5.26 Å². The SMILES string of the molecule is COC1(C)OC2CC(C)(O)CC(CCC#N)C2OC1C. The number of fused-ring (bicyclic) bond motifs is 1. The van der Waals surface area contributed by atoms with E-state index in [1.165, 1.54) is 0 Å². The van der Waals surface area contributed by atoms with Crippen molar-refractivity contribution in [3.05, 3.63) is 0 Å². The number of methoxy groups -OCH3 is 1. The predicted molar refractivity (Wildman–Crippen MR) is 72.8 cm³/mol. The van der Waals surface area contributed by atoms with Crippen LogP contribution < -0.4 is 0 Å². The molecule has 0 aromatic heterocycles. The summed E-state index contributed by atoms with van der Waals surface area (Å²) in [7, 11) is 1.61. The molecule has 1 saturated carbocycles. The van der Waals surface area contributed by atoms with Crippen LogP contribution in [0.4, 0.5) is 0 Å². The van der Waals surface area contributed by atoms with Crippen LogP contribution in [0, 0.1) is 17.2 Å². The van der Waals surface area contributed by atoms with Crippen LogP contribution in [-0.4, -0.2) is 41.9 Å². The highest BCUT2D eigenvalue weighted by Crippen LogP contribution is 2.44. The second-order valence-corrected chi connectivity index (χ2v) is 6.48. The molecule has 6 atom stereocenters. The molecule has 2 aliphatic rings. The second kappa shape index (κ2) is 5.61. The summed E-state index contributed by atoms with van der Waals surface area (Å²) in [5, 5.41) is 19.2. The Morgan fingerprint density at radius 2 is 2.10 bits per heavy atom. The molecule has 1 aliphatic heterocycles. The Morgan fingerprint density at radius 1 is 1.40 bits per heavy atom. The van der Waals surface area contributed by atoms with Crippen molar-refractivity contribution >= 4 is 0 Å². The van der Waals surface area contributed by atoms with Gasteiger partial charge in [-0.3, -0.25) is 0 Å². The molecular formula is C15H25NO4. The molecule has 0 bridgehead atoms. The molecule has 2 rings (SSSR count). The second-order valence-electron chi connectivity index (χ2n) is 6.48. The minimum atomic E-state index is -0.783. The van der Waals surface area contributed by atoms with Gasteiger partial charge in [-0.1, -0.05) is 0 Å². The molecule has 1 heterocycles. The lowest BCUT2D eigenvalue weighted by Gasteiger charge is -2.53. The first-order valence-corrected chi connectivity index (χ1v) is 7.29. The average Bonchev–Trinajstić information content (AvgIpc) is 2.37. The summed E-state index contributed by atoms with van der Waals surface area (Å²) >= 11 is 0. The molecule has 2 fully saturated rings. The topological polar surface area (TPSA) is 71.7 Å². The average molecular weight is 283 g/mol. The Bertz CT molecular complexity index is 392. The molecule has 6 unspecified atom stereocenters. The van der Waals surface area contributed by atoms with Crippen molar-refractivity contribution in [1.82, 2.24) is 0 Å². The monoisotopic (exact) mass is 283 g/mol. The molecule has 20 heavy (non-hydrogen) atoms. The Morgan fingerprint density at radius 3 is 2.70 bits per heavy atom. The highest BCUT2D eigenvalue weighted by atomic mass is 16.7. The Balaban J connectivity index is 2.17. The van der Waals surface area contributed by atoms with E-state index in [0.29, 0.717) is 19.3 Å². The van der Waals surface area contributed by atoms with Gasteiger partial charge in [0.25, 0.3) is 0 Å². The Labute approximate surface area is 120 Å². The molecule has 0 aromatic carbocycles. The molecule has 0 aromatic rings. The van der Waals surface area contributed by atoms with Gasteiger partial charge >= 0.3 is 0 Å². The van der Waals surface area contributed by atoms with Crippen LogP contribution in [0.5, 0.6) is 0 Å². The van der Waals surface area contributed by atoms with Gasteiger partial charge in [0.05, 0.1) is 23.9 Å². The number of rotatable bonds is 3. The smallest absolute Gasteiger partial charge is 0.191 e. The Hall–Kier alpha value is -0.670. The largest absolute Gasteiger partial charge is 0.390 e. The van der Waals surface area contributed by atoms with Crippen LogP contribution in [0.25, 0.3) is 0 Å². The van der Waals surface area contributed by atoms with Gasteiger partial charge in [0.15, 0.2) is 5.79 Å². The molecule has 0 spiro atoms. The van der Waals surface area contributed by atoms with E-state index < -0.39 is 11.4 Å². The lowest BCUT2D eigenvalue weighted by Crippen LogP contribution is -2.62. The third kappa shape index (κ3) is 2.99. The van der Waals surface area contributed by atoms with Crippen LogP contribution in [0.2, 0.25) is 0 Å². The zero-order valence-electron chi connectivity index (χ0n) is 12.8. The number of nitrogens with zero attached hydrogens (tertiary/aromatic N) is 1. The number of hydrogen-bond acceptors (Lipinski definition) is 5. The van der Waals surface area contributed by atoms with Gasteiger partial charge in [0.1, 0.15) is 6.10 Å². The quantitative estimate of drug-likeness (QED) is 0.857. The van der Waals surface area contributed by atoms with Gasteiger partial charge in [-0.25, -0.2) is 0 Å². The summed E-state index contributed by atoms with van der Waals surface area (Å²) in [4.78, 5) is 0. The molecule has 114 valence electrons. The lowest BCUT2D eigenvalue weighted by atomic mass is 9.73. The van der Waals surface area contributed by atoms with E-state index in [-0.39, 0.29) is 24.2 Å². The molecular weight excluding hydrogens is 258 g/mol. The van der Waals surface area contributed by atoms with Gasteiger partial charge in [0.2, 0.25) is 0 Å². The van der Waals surface area contributed by atoms with E-state index in [0.717, 1.165) is 6.42 Å². The summed E-state index contributed by atoms with van der Waals surface area (Å²) in [5.74, 6) is -0.638. The first-order chi connectivity index (χ1) is 9.31. The van der Waals surface area contributed by atoms with Gasteiger partial charge in [0, 0.05) is 20.0 Å². The standard InChI is InChI=1S/C15H25NO4/c1-10-15(3,18-4)20-12-9-14(2,17)8-11(6-5-7-16)13(12)19-10/h10-13,17H,5-6,8-9H2,1-4H3. The van der Waals surface area contributed by atoms with E-state index in [2.05, 4.69) is 6.07 Å². The van der Waals surface area contributed by atoms with Crippen LogP contribution in [0.3, 0.4) is 0 Å². The van der Waals surface area contributed by atoms with Crippen LogP contribution in [0.15, 0.2) is 0 Å². The van der Waals surface area contributed by atoms with Crippen LogP contribution in [-0.2, 0) is 14.2 Å². The maximum Gasteiger partial charge on any atom is 0.191 e. The number of ether oxygens (including phenoxy) is 3. The highest BCUT2D eigenvalue weighted by Gasteiger charge is 2.52. The van der Waals surface area contributed by atoms with Crippen molar-refractivity contribution in [3.63, 3.8) is 0 Å². The third-order valence-electron chi connectivity index (χ3n) is 4.69.